The summed E-state index contributed by atoms with van der Waals surface area (Å²) in [6, 6.07) is 6.32. The third-order valence-corrected chi connectivity index (χ3v) is 4.52. The number of benzene rings is 2. The van der Waals surface area contributed by atoms with E-state index < -0.39 is 18.4 Å². The fourth-order valence-electron chi connectivity index (χ4n) is 2.91. The smallest absolute Gasteiger partial charge is 0.341 e. The number of ether oxygens (including phenoxy) is 1. The van der Waals surface area contributed by atoms with Crippen molar-refractivity contribution in [3.8, 4) is 11.5 Å². The molecule has 0 saturated carbocycles. The number of aromatic hydroxyl groups is 1. The van der Waals surface area contributed by atoms with Crippen molar-refractivity contribution in [1.82, 2.24) is 0 Å². The van der Waals surface area contributed by atoms with Gasteiger partial charge in [0, 0.05) is 17.0 Å². The molecule has 0 unspecified atom stereocenters. The van der Waals surface area contributed by atoms with Crippen LogP contribution < -0.4 is 4.74 Å². The molecule has 2 rings (SSSR count). The topological polar surface area (TPSA) is 66.8 Å². The van der Waals surface area contributed by atoms with Crippen molar-refractivity contribution >= 4 is 17.6 Å². The molecular weight excluding hydrogens is 359 g/mol. The third-order valence-electron chi connectivity index (χ3n) is 4.19. The summed E-state index contributed by atoms with van der Waals surface area (Å²) < 4.78 is 20.0. The number of hydrogen-bond donors (Lipinski definition) is 2. The van der Waals surface area contributed by atoms with E-state index in [0.717, 1.165) is 11.1 Å². The maximum atomic E-state index is 14.8. The third kappa shape index (κ3) is 4.47. The molecule has 26 heavy (non-hydrogen) atoms. The van der Waals surface area contributed by atoms with Crippen molar-refractivity contribution in [2.45, 2.75) is 39.5 Å². The Balaban J connectivity index is 2.41. The molecule has 0 aliphatic rings. The standard InChI is InChI=1S/C20H22ClFO4/c1-4-12-7-14(26-10-18(24)25)9-16(21)15(12)8-13-5-6-17(23)19(11(2)3)20(13)22/h5-7,9,11,23H,4,8,10H2,1-3H3,(H,24,25). The normalized spacial score (nSPS) is 11.0. The van der Waals surface area contributed by atoms with Crippen LogP contribution in [-0.2, 0) is 17.6 Å². The van der Waals surface area contributed by atoms with Gasteiger partial charge >= 0.3 is 5.97 Å². The van der Waals surface area contributed by atoms with Crippen LogP contribution in [0.1, 0.15) is 48.9 Å². The van der Waals surface area contributed by atoms with E-state index in [1.165, 1.54) is 6.07 Å². The van der Waals surface area contributed by atoms with Gasteiger partial charge in [-0.15, -0.1) is 0 Å². The minimum Gasteiger partial charge on any atom is -0.508 e. The minimum atomic E-state index is -1.07. The highest BCUT2D eigenvalue weighted by atomic mass is 35.5. The van der Waals surface area contributed by atoms with Gasteiger partial charge < -0.3 is 14.9 Å². The second-order valence-corrected chi connectivity index (χ2v) is 6.79. The van der Waals surface area contributed by atoms with Crippen molar-refractivity contribution in [2.24, 2.45) is 0 Å². The fourth-order valence-corrected chi connectivity index (χ4v) is 3.21. The first-order chi connectivity index (χ1) is 12.2. The maximum Gasteiger partial charge on any atom is 0.341 e. The van der Waals surface area contributed by atoms with Gasteiger partial charge in [0.15, 0.2) is 6.61 Å². The van der Waals surface area contributed by atoms with Crippen LogP contribution in [0.4, 0.5) is 4.39 Å². The molecule has 140 valence electrons. The predicted molar refractivity (Wildman–Crippen MR) is 98.9 cm³/mol. The van der Waals surface area contributed by atoms with Crippen molar-refractivity contribution in [1.29, 1.82) is 0 Å². The average molecular weight is 381 g/mol. The van der Waals surface area contributed by atoms with Gasteiger partial charge in [0.05, 0.1) is 0 Å². The molecule has 4 nitrogen and oxygen atoms in total. The van der Waals surface area contributed by atoms with Crippen molar-refractivity contribution in [2.75, 3.05) is 6.61 Å². The number of rotatable bonds is 7. The quantitative estimate of drug-likeness (QED) is 0.715. The second kappa shape index (κ2) is 8.41. The summed E-state index contributed by atoms with van der Waals surface area (Å²) in [5.41, 5.74) is 2.35. The molecule has 0 spiro atoms. The molecule has 2 aromatic carbocycles. The lowest BCUT2D eigenvalue weighted by atomic mass is 9.93. The van der Waals surface area contributed by atoms with Gasteiger partial charge in [-0.05, 0) is 47.2 Å². The Kier molecular flexibility index (Phi) is 6.48. The zero-order valence-corrected chi connectivity index (χ0v) is 15.7. The summed E-state index contributed by atoms with van der Waals surface area (Å²) in [7, 11) is 0. The molecule has 0 atom stereocenters. The van der Waals surface area contributed by atoms with Gasteiger partial charge in [-0.25, -0.2) is 9.18 Å². The van der Waals surface area contributed by atoms with Crippen LogP contribution in [0.3, 0.4) is 0 Å². The molecule has 0 aliphatic carbocycles. The molecule has 0 amide bonds. The Hall–Kier alpha value is -2.27. The molecule has 0 radical (unpaired) electrons. The van der Waals surface area contributed by atoms with E-state index in [-0.39, 0.29) is 23.7 Å². The number of phenolic OH excluding ortho intramolecular Hbond substituents is 1. The molecule has 6 heteroatoms. The predicted octanol–water partition coefficient (Wildman–Crippen LogP) is 4.92. The van der Waals surface area contributed by atoms with E-state index in [1.807, 2.05) is 20.8 Å². The lowest BCUT2D eigenvalue weighted by Crippen LogP contribution is -2.10. The minimum absolute atomic E-state index is 0.0551. The largest absolute Gasteiger partial charge is 0.508 e. The highest BCUT2D eigenvalue weighted by Crippen LogP contribution is 2.34. The van der Waals surface area contributed by atoms with Crippen LogP contribution in [0, 0.1) is 5.82 Å². The molecule has 0 aromatic heterocycles. The van der Waals surface area contributed by atoms with E-state index in [4.69, 9.17) is 21.4 Å². The Morgan fingerprint density at radius 1 is 1.27 bits per heavy atom. The molecule has 0 heterocycles. The molecular formula is C20H22ClFO4. The summed E-state index contributed by atoms with van der Waals surface area (Å²) in [6.07, 6.45) is 0.906. The highest BCUT2D eigenvalue weighted by Gasteiger charge is 2.18. The lowest BCUT2D eigenvalue weighted by Gasteiger charge is -2.16. The van der Waals surface area contributed by atoms with Crippen LogP contribution in [0.5, 0.6) is 11.5 Å². The van der Waals surface area contributed by atoms with Crippen molar-refractivity contribution < 1.29 is 24.1 Å². The average Bonchev–Trinajstić information content (AvgIpc) is 2.56. The van der Waals surface area contributed by atoms with Crippen molar-refractivity contribution in [3.05, 3.63) is 57.4 Å². The molecule has 0 saturated heterocycles. The van der Waals surface area contributed by atoms with Gasteiger partial charge in [-0.3, -0.25) is 0 Å². The van der Waals surface area contributed by atoms with Gasteiger partial charge in [-0.1, -0.05) is 38.4 Å². The number of carboxylic acid groups (broad SMARTS) is 1. The molecule has 2 aromatic rings. The monoisotopic (exact) mass is 380 g/mol. The molecule has 0 fully saturated rings. The SMILES string of the molecule is CCc1cc(OCC(=O)O)cc(Cl)c1Cc1ccc(O)c(C(C)C)c1F. The van der Waals surface area contributed by atoms with E-state index in [2.05, 4.69) is 0 Å². The van der Waals surface area contributed by atoms with Crippen LogP contribution in [-0.4, -0.2) is 22.8 Å². The number of phenols is 1. The first-order valence-corrected chi connectivity index (χ1v) is 8.78. The van der Waals surface area contributed by atoms with E-state index in [1.54, 1.807) is 18.2 Å². The first kappa shape index (κ1) is 20.0. The lowest BCUT2D eigenvalue weighted by molar-refractivity contribution is -0.139. The van der Waals surface area contributed by atoms with E-state index in [9.17, 15) is 14.3 Å². The Labute approximate surface area is 157 Å². The summed E-state index contributed by atoms with van der Waals surface area (Å²) >= 11 is 6.37. The van der Waals surface area contributed by atoms with Gasteiger partial charge in [0.2, 0.25) is 0 Å². The Morgan fingerprint density at radius 2 is 1.96 bits per heavy atom. The number of carboxylic acids is 1. The van der Waals surface area contributed by atoms with Gasteiger partial charge in [0.1, 0.15) is 17.3 Å². The van der Waals surface area contributed by atoms with Crippen LogP contribution in [0.25, 0.3) is 0 Å². The molecule has 0 bridgehead atoms. The van der Waals surface area contributed by atoms with Crippen LogP contribution in [0.2, 0.25) is 5.02 Å². The van der Waals surface area contributed by atoms with Gasteiger partial charge in [0.25, 0.3) is 0 Å². The fraction of sp³-hybridized carbons (Fsp3) is 0.350. The zero-order chi connectivity index (χ0) is 19.4. The number of halogens is 2. The summed E-state index contributed by atoms with van der Waals surface area (Å²) in [5.74, 6) is -1.34. The van der Waals surface area contributed by atoms with E-state index in [0.29, 0.717) is 22.8 Å². The van der Waals surface area contributed by atoms with E-state index >= 15 is 0 Å². The number of carbonyl (C=O) groups is 1. The zero-order valence-electron chi connectivity index (χ0n) is 15.0. The Morgan fingerprint density at radius 3 is 2.54 bits per heavy atom. The van der Waals surface area contributed by atoms with Crippen LogP contribution >= 0.6 is 11.6 Å². The summed E-state index contributed by atoms with van der Waals surface area (Å²) in [5, 5.41) is 19.0. The highest BCUT2D eigenvalue weighted by molar-refractivity contribution is 6.31. The number of aliphatic carboxylic acids is 1. The van der Waals surface area contributed by atoms with Gasteiger partial charge in [-0.2, -0.15) is 0 Å². The van der Waals surface area contributed by atoms with Crippen LogP contribution in [0.15, 0.2) is 24.3 Å². The van der Waals surface area contributed by atoms with Crippen molar-refractivity contribution in [3.63, 3.8) is 0 Å². The number of aryl methyl sites for hydroxylation is 1. The Bertz CT molecular complexity index is 818. The maximum absolute atomic E-state index is 14.8. The first-order valence-electron chi connectivity index (χ1n) is 8.40. The second-order valence-electron chi connectivity index (χ2n) is 6.38. The summed E-state index contributed by atoms with van der Waals surface area (Å²) in [4.78, 5) is 10.7. The molecule has 2 N–H and O–H groups in total. The summed E-state index contributed by atoms with van der Waals surface area (Å²) in [6.45, 7) is 5.12. The molecule has 0 aliphatic heterocycles. The number of hydrogen-bond acceptors (Lipinski definition) is 3.